The van der Waals surface area contributed by atoms with Crippen molar-refractivity contribution in [2.45, 2.75) is 52.9 Å². The fourth-order valence-corrected chi connectivity index (χ4v) is 4.61. The molecule has 35 heavy (non-hydrogen) atoms. The number of carbonyl (C=O) groups is 3. The van der Waals surface area contributed by atoms with E-state index in [0.717, 1.165) is 11.1 Å². The number of carbonyl (C=O) groups excluding carboxylic acids is 2. The molecule has 0 spiro atoms. The van der Waals surface area contributed by atoms with Crippen LogP contribution in [0.15, 0.2) is 48.5 Å². The van der Waals surface area contributed by atoms with Gasteiger partial charge >= 0.3 is 12.1 Å². The van der Waals surface area contributed by atoms with Gasteiger partial charge in [-0.05, 0) is 41.5 Å². The molecule has 2 aromatic rings. The Kier molecular flexibility index (Phi) is 8.20. The summed E-state index contributed by atoms with van der Waals surface area (Å²) in [6, 6.07) is 16.3. The van der Waals surface area contributed by atoms with Gasteiger partial charge in [-0.15, -0.1) is 0 Å². The lowest BCUT2D eigenvalue weighted by atomic mass is 9.81. The Labute approximate surface area is 207 Å². The molecule has 0 saturated carbocycles. The number of nitrogens with one attached hydrogen (secondary N) is 2. The molecule has 7 nitrogen and oxygen atoms in total. The molecule has 2 aromatic carbocycles. The molecule has 0 aromatic heterocycles. The molecule has 0 atom stereocenters. The minimum atomic E-state index is -0.967. The first-order chi connectivity index (χ1) is 16.6. The second-order valence-electron chi connectivity index (χ2n) is 9.86. The Morgan fingerprint density at radius 2 is 1.46 bits per heavy atom. The first-order valence-electron chi connectivity index (χ1n) is 12.3. The van der Waals surface area contributed by atoms with Crippen LogP contribution in [0.4, 0.5) is 4.79 Å². The van der Waals surface area contributed by atoms with Crippen LogP contribution in [0.2, 0.25) is 0 Å². The Bertz CT molecular complexity index is 1030. The molecule has 0 radical (unpaired) electrons. The second-order valence-corrected chi connectivity index (χ2v) is 9.86. The van der Waals surface area contributed by atoms with Gasteiger partial charge in [0.15, 0.2) is 0 Å². The van der Waals surface area contributed by atoms with Gasteiger partial charge in [0.25, 0.3) is 0 Å². The maximum absolute atomic E-state index is 12.7. The average Bonchev–Trinajstić information content (AvgIpc) is 3.17. The van der Waals surface area contributed by atoms with Crippen LogP contribution in [0.25, 0.3) is 11.1 Å². The predicted octanol–water partition coefficient (Wildman–Crippen LogP) is 4.95. The van der Waals surface area contributed by atoms with Crippen molar-refractivity contribution in [3.05, 3.63) is 59.7 Å². The lowest BCUT2D eigenvalue weighted by Crippen LogP contribution is -2.47. The van der Waals surface area contributed by atoms with Crippen molar-refractivity contribution in [2.75, 3.05) is 19.7 Å². The van der Waals surface area contributed by atoms with Crippen LogP contribution < -0.4 is 10.6 Å². The smallest absolute Gasteiger partial charge is 0.407 e. The maximum atomic E-state index is 12.7. The Hall–Kier alpha value is -3.35. The van der Waals surface area contributed by atoms with E-state index >= 15 is 0 Å². The van der Waals surface area contributed by atoms with Crippen molar-refractivity contribution in [1.29, 1.82) is 0 Å². The van der Waals surface area contributed by atoms with Crippen molar-refractivity contribution < 1.29 is 24.2 Å². The van der Waals surface area contributed by atoms with Crippen LogP contribution in [0, 0.1) is 10.8 Å². The van der Waals surface area contributed by atoms with E-state index in [1.807, 2.05) is 38.1 Å². The van der Waals surface area contributed by atoms with Crippen LogP contribution in [0.5, 0.6) is 0 Å². The number of fused-ring (bicyclic) bond motifs is 3. The normalized spacial score (nSPS) is 13.0. The minimum absolute atomic E-state index is 0.0120. The number of hydrogen-bond donors (Lipinski definition) is 3. The van der Waals surface area contributed by atoms with Crippen LogP contribution in [0.3, 0.4) is 0 Å². The number of aliphatic carboxylic acids is 1. The minimum Gasteiger partial charge on any atom is -0.481 e. The molecule has 0 fully saturated rings. The van der Waals surface area contributed by atoms with Crippen LogP contribution in [-0.4, -0.2) is 42.8 Å². The zero-order chi connectivity index (χ0) is 25.6. The molecule has 7 heteroatoms. The largest absolute Gasteiger partial charge is 0.481 e. The lowest BCUT2D eigenvalue weighted by Gasteiger charge is -2.30. The highest BCUT2D eigenvalue weighted by Gasteiger charge is 2.37. The van der Waals surface area contributed by atoms with Crippen molar-refractivity contribution in [2.24, 2.45) is 10.8 Å². The fraction of sp³-hybridized carbons (Fsp3) is 0.464. The van der Waals surface area contributed by atoms with Gasteiger partial charge in [0.05, 0.1) is 5.41 Å². The number of benzene rings is 2. The number of ether oxygens (including phenoxy) is 1. The van der Waals surface area contributed by atoms with Gasteiger partial charge < -0.3 is 20.5 Å². The highest BCUT2D eigenvalue weighted by molar-refractivity contribution is 5.83. The molecule has 0 bridgehead atoms. The Balaban J connectivity index is 1.49. The standard InChI is InChI=1S/C28H36N2O5/c1-5-28(6-2,25(32)33)18-30-24(31)27(3,4)15-16-29-26(34)35-17-23-21-13-9-7-11-19(21)20-12-8-10-14-22(20)23/h7-14,23H,5-6,15-18H2,1-4H3,(H,29,34)(H,30,31)(H,32,33). The number of hydrogen-bond acceptors (Lipinski definition) is 4. The van der Waals surface area contributed by atoms with Crippen LogP contribution in [0.1, 0.15) is 64.0 Å². The second kappa shape index (κ2) is 10.9. The molecule has 0 saturated heterocycles. The molecule has 3 N–H and O–H groups in total. The zero-order valence-electron chi connectivity index (χ0n) is 21.0. The topological polar surface area (TPSA) is 105 Å². The van der Waals surface area contributed by atoms with E-state index in [4.69, 9.17) is 4.74 Å². The van der Waals surface area contributed by atoms with Gasteiger partial charge in [-0.3, -0.25) is 9.59 Å². The van der Waals surface area contributed by atoms with Crippen molar-refractivity contribution >= 4 is 18.0 Å². The van der Waals surface area contributed by atoms with Crippen LogP contribution >= 0.6 is 0 Å². The molecule has 1 aliphatic rings. The quantitative estimate of drug-likeness (QED) is 0.422. The first kappa shape index (κ1) is 26.3. The number of amides is 2. The highest BCUT2D eigenvalue weighted by atomic mass is 16.5. The Morgan fingerprint density at radius 1 is 0.914 bits per heavy atom. The molecule has 0 heterocycles. The van der Waals surface area contributed by atoms with E-state index in [1.54, 1.807) is 13.8 Å². The number of rotatable bonds is 11. The van der Waals surface area contributed by atoms with Gasteiger partial charge in [-0.25, -0.2) is 4.79 Å². The molecule has 3 rings (SSSR count). The molecule has 1 aliphatic carbocycles. The summed E-state index contributed by atoms with van der Waals surface area (Å²) in [6.45, 7) is 7.76. The summed E-state index contributed by atoms with van der Waals surface area (Å²) in [5.74, 6) is -1.15. The molecular weight excluding hydrogens is 444 g/mol. The van der Waals surface area contributed by atoms with Gasteiger partial charge in [-0.2, -0.15) is 0 Å². The zero-order valence-corrected chi connectivity index (χ0v) is 21.0. The molecule has 2 amide bonds. The van der Waals surface area contributed by atoms with E-state index in [0.29, 0.717) is 19.3 Å². The number of carboxylic acid groups (broad SMARTS) is 1. The third-order valence-corrected chi connectivity index (χ3v) is 7.37. The van der Waals surface area contributed by atoms with E-state index in [2.05, 4.69) is 34.9 Å². The van der Waals surface area contributed by atoms with E-state index in [1.165, 1.54) is 11.1 Å². The molecular formula is C28H36N2O5. The summed E-state index contributed by atoms with van der Waals surface area (Å²) in [4.78, 5) is 36.8. The average molecular weight is 481 g/mol. The SMILES string of the molecule is CCC(CC)(CNC(=O)C(C)(C)CCNC(=O)OCC1c2ccccc2-c2ccccc21)C(=O)O. The number of alkyl carbamates (subject to hydrolysis) is 1. The highest BCUT2D eigenvalue weighted by Crippen LogP contribution is 2.44. The third kappa shape index (κ3) is 5.66. The maximum Gasteiger partial charge on any atom is 0.407 e. The van der Waals surface area contributed by atoms with Crippen LogP contribution in [-0.2, 0) is 14.3 Å². The van der Waals surface area contributed by atoms with E-state index in [-0.39, 0.29) is 31.5 Å². The summed E-state index contributed by atoms with van der Waals surface area (Å²) in [5, 5.41) is 15.1. The predicted molar refractivity (Wildman–Crippen MR) is 135 cm³/mol. The van der Waals surface area contributed by atoms with Gasteiger partial charge in [0, 0.05) is 24.4 Å². The first-order valence-corrected chi connectivity index (χ1v) is 12.3. The summed E-state index contributed by atoms with van der Waals surface area (Å²) < 4.78 is 5.55. The molecule has 0 unspecified atom stereocenters. The van der Waals surface area contributed by atoms with Crippen molar-refractivity contribution in [1.82, 2.24) is 10.6 Å². The van der Waals surface area contributed by atoms with Gasteiger partial charge in [0.2, 0.25) is 5.91 Å². The fourth-order valence-electron chi connectivity index (χ4n) is 4.61. The third-order valence-electron chi connectivity index (χ3n) is 7.37. The Morgan fingerprint density at radius 3 is 1.97 bits per heavy atom. The summed E-state index contributed by atoms with van der Waals surface area (Å²) in [7, 11) is 0. The summed E-state index contributed by atoms with van der Waals surface area (Å²) >= 11 is 0. The molecule has 0 aliphatic heterocycles. The van der Waals surface area contributed by atoms with Crippen molar-refractivity contribution in [3.63, 3.8) is 0 Å². The molecule has 188 valence electrons. The summed E-state index contributed by atoms with van der Waals surface area (Å²) in [5.41, 5.74) is 2.89. The van der Waals surface area contributed by atoms with Crippen molar-refractivity contribution in [3.8, 4) is 11.1 Å². The number of carboxylic acids is 1. The lowest BCUT2D eigenvalue weighted by molar-refractivity contribution is -0.149. The monoisotopic (exact) mass is 480 g/mol. The summed E-state index contributed by atoms with van der Waals surface area (Å²) in [6.07, 6.45) is 0.734. The van der Waals surface area contributed by atoms with Gasteiger partial charge in [0.1, 0.15) is 6.61 Å². The van der Waals surface area contributed by atoms with Gasteiger partial charge in [-0.1, -0.05) is 76.2 Å². The van der Waals surface area contributed by atoms with E-state index in [9.17, 15) is 19.5 Å². The van der Waals surface area contributed by atoms with E-state index < -0.39 is 22.9 Å².